The molecule has 1 heterocycles. The summed E-state index contributed by atoms with van der Waals surface area (Å²) in [7, 11) is 3.15. The first kappa shape index (κ1) is 16.3. The van der Waals surface area contributed by atoms with E-state index < -0.39 is 6.03 Å². The van der Waals surface area contributed by atoms with Crippen LogP contribution < -0.4 is 15.4 Å². The molecule has 1 aromatic rings. The standard InChI is InChI=1S/C16H23N3O3/c1-11(15(20)18-16(21)17-2)19-8-4-5-12-9-14(22-3)7-6-13(12)10-19/h6-7,9,11H,4-5,8,10H2,1-3H3,(H2,17,18,20,21)/t11-/m0/s1. The smallest absolute Gasteiger partial charge is 0.321 e. The summed E-state index contributed by atoms with van der Waals surface area (Å²) in [5, 5.41) is 4.73. The van der Waals surface area contributed by atoms with E-state index in [4.69, 9.17) is 4.74 Å². The number of hydrogen-bond acceptors (Lipinski definition) is 4. The minimum absolute atomic E-state index is 0.281. The van der Waals surface area contributed by atoms with Gasteiger partial charge in [-0.1, -0.05) is 6.07 Å². The van der Waals surface area contributed by atoms with Crippen LogP contribution in [0.2, 0.25) is 0 Å². The van der Waals surface area contributed by atoms with E-state index in [0.29, 0.717) is 6.54 Å². The van der Waals surface area contributed by atoms with Gasteiger partial charge in [-0.15, -0.1) is 0 Å². The van der Waals surface area contributed by atoms with E-state index in [-0.39, 0.29) is 11.9 Å². The van der Waals surface area contributed by atoms with Crippen LogP contribution in [0.3, 0.4) is 0 Å². The molecule has 3 amide bonds. The van der Waals surface area contributed by atoms with Gasteiger partial charge in [-0.25, -0.2) is 4.79 Å². The number of amides is 3. The van der Waals surface area contributed by atoms with E-state index >= 15 is 0 Å². The Labute approximate surface area is 130 Å². The van der Waals surface area contributed by atoms with E-state index in [1.54, 1.807) is 7.11 Å². The second kappa shape index (κ2) is 7.26. The quantitative estimate of drug-likeness (QED) is 0.883. The van der Waals surface area contributed by atoms with E-state index in [1.165, 1.54) is 18.2 Å². The zero-order chi connectivity index (χ0) is 16.1. The number of benzene rings is 1. The maximum absolute atomic E-state index is 12.1. The van der Waals surface area contributed by atoms with Crippen molar-refractivity contribution in [3.8, 4) is 5.75 Å². The molecular weight excluding hydrogens is 282 g/mol. The Morgan fingerprint density at radius 3 is 2.77 bits per heavy atom. The van der Waals surface area contributed by atoms with Gasteiger partial charge < -0.3 is 10.1 Å². The Morgan fingerprint density at radius 2 is 2.09 bits per heavy atom. The molecule has 120 valence electrons. The number of ether oxygens (including phenoxy) is 1. The average Bonchev–Trinajstić information content (AvgIpc) is 2.75. The summed E-state index contributed by atoms with van der Waals surface area (Å²) in [6.07, 6.45) is 1.94. The number of fused-ring (bicyclic) bond motifs is 1. The SMILES string of the molecule is CNC(=O)NC(=O)[C@H](C)N1CCCc2cc(OC)ccc2C1. The van der Waals surface area contributed by atoms with Crippen LogP contribution in [0.25, 0.3) is 0 Å². The fourth-order valence-electron chi connectivity index (χ4n) is 2.66. The lowest BCUT2D eigenvalue weighted by Crippen LogP contribution is -2.48. The Morgan fingerprint density at radius 1 is 1.32 bits per heavy atom. The Kier molecular flexibility index (Phi) is 5.38. The van der Waals surface area contributed by atoms with Crippen molar-refractivity contribution in [2.45, 2.75) is 32.4 Å². The predicted molar refractivity (Wildman–Crippen MR) is 83.8 cm³/mol. The molecule has 0 unspecified atom stereocenters. The van der Waals surface area contributed by atoms with Gasteiger partial charge in [0.1, 0.15) is 5.75 Å². The number of carbonyl (C=O) groups is 2. The fourth-order valence-corrected chi connectivity index (χ4v) is 2.66. The molecule has 0 fully saturated rings. The van der Waals surface area contributed by atoms with Crippen molar-refractivity contribution in [3.05, 3.63) is 29.3 Å². The Balaban J connectivity index is 2.09. The molecule has 0 radical (unpaired) electrons. The first-order chi connectivity index (χ1) is 10.5. The molecule has 1 aliphatic heterocycles. The lowest BCUT2D eigenvalue weighted by molar-refractivity contribution is -0.125. The van der Waals surface area contributed by atoms with Crippen LogP contribution >= 0.6 is 0 Å². The van der Waals surface area contributed by atoms with Crippen LogP contribution in [0.5, 0.6) is 5.75 Å². The third-order valence-corrected chi connectivity index (χ3v) is 4.07. The van der Waals surface area contributed by atoms with Crippen molar-refractivity contribution < 1.29 is 14.3 Å². The number of urea groups is 1. The highest BCUT2D eigenvalue weighted by molar-refractivity contribution is 5.96. The Bertz CT molecular complexity index is 560. The number of imide groups is 1. The van der Waals surface area contributed by atoms with Crippen molar-refractivity contribution >= 4 is 11.9 Å². The molecule has 22 heavy (non-hydrogen) atoms. The van der Waals surface area contributed by atoms with Crippen molar-refractivity contribution in [2.75, 3.05) is 20.7 Å². The van der Waals surface area contributed by atoms with Gasteiger partial charge in [0.15, 0.2) is 0 Å². The highest BCUT2D eigenvalue weighted by atomic mass is 16.5. The third-order valence-electron chi connectivity index (χ3n) is 4.07. The average molecular weight is 305 g/mol. The molecule has 0 aromatic heterocycles. The number of carbonyl (C=O) groups excluding carboxylic acids is 2. The maximum atomic E-state index is 12.1. The zero-order valence-corrected chi connectivity index (χ0v) is 13.3. The highest BCUT2D eigenvalue weighted by Crippen LogP contribution is 2.24. The molecule has 6 heteroatoms. The molecule has 2 rings (SSSR count). The molecule has 0 saturated heterocycles. The van der Waals surface area contributed by atoms with E-state index in [9.17, 15) is 9.59 Å². The number of rotatable bonds is 3. The van der Waals surface area contributed by atoms with Crippen molar-refractivity contribution in [2.24, 2.45) is 0 Å². The van der Waals surface area contributed by atoms with Gasteiger partial charge in [-0.2, -0.15) is 0 Å². The second-order valence-electron chi connectivity index (χ2n) is 5.45. The van der Waals surface area contributed by atoms with Crippen LogP contribution in [-0.2, 0) is 17.8 Å². The lowest BCUT2D eigenvalue weighted by atomic mass is 10.0. The topological polar surface area (TPSA) is 70.7 Å². The van der Waals surface area contributed by atoms with Crippen molar-refractivity contribution in [1.29, 1.82) is 0 Å². The molecule has 1 aliphatic rings. The van der Waals surface area contributed by atoms with E-state index in [0.717, 1.165) is 25.1 Å². The summed E-state index contributed by atoms with van der Waals surface area (Å²) in [5.41, 5.74) is 2.47. The predicted octanol–water partition coefficient (Wildman–Crippen LogP) is 1.29. The molecule has 1 aromatic carbocycles. The van der Waals surface area contributed by atoms with Gasteiger partial charge in [-0.05, 0) is 49.6 Å². The molecule has 0 spiro atoms. The maximum Gasteiger partial charge on any atom is 0.321 e. The number of hydrogen-bond donors (Lipinski definition) is 2. The minimum Gasteiger partial charge on any atom is -0.497 e. The molecule has 0 bridgehead atoms. The summed E-state index contributed by atoms with van der Waals surface area (Å²) in [4.78, 5) is 25.5. The fraction of sp³-hybridized carbons (Fsp3) is 0.500. The van der Waals surface area contributed by atoms with Gasteiger partial charge in [0.2, 0.25) is 5.91 Å². The molecular formula is C16H23N3O3. The van der Waals surface area contributed by atoms with E-state index in [1.807, 2.05) is 13.0 Å². The molecule has 0 saturated carbocycles. The van der Waals surface area contributed by atoms with Gasteiger partial charge in [0.05, 0.1) is 13.2 Å². The molecule has 0 aliphatic carbocycles. The van der Waals surface area contributed by atoms with Gasteiger partial charge in [0, 0.05) is 13.6 Å². The van der Waals surface area contributed by atoms with Crippen LogP contribution in [0.1, 0.15) is 24.5 Å². The summed E-state index contributed by atoms with van der Waals surface area (Å²) in [6, 6.07) is 5.23. The first-order valence-corrected chi connectivity index (χ1v) is 7.47. The van der Waals surface area contributed by atoms with Crippen LogP contribution in [0.15, 0.2) is 18.2 Å². The molecule has 1 atom stereocenters. The van der Waals surface area contributed by atoms with Crippen LogP contribution in [0, 0.1) is 0 Å². The summed E-state index contributed by atoms with van der Waals surface area (Å²) in [6.45, 7) is 3.34. The van der Waals surface area contributed by atoms with E-state index in [2.05, 4.69) is 27.7 Å². The van der Waals surface area contributed by atoms with Crippen molar-refractivity contribution in [3.63, 3.8) is 0 Å². The minimum atomic E-state index is -0.475. The number of aryl methyl sites for hydroxylation is 1. The van der Waals surface area contributed by atoms with Crippen LogP contribution in [-0.4, -0.2) is 43.6 Å². The number of methoxy groups -OCH3 is 1. The molecule has 6 nitrogen and oxygen atoms in total. The summed E-state index contributed by atoms with van der Waals surface area (Å²) < 4.78 is 5.27. The van der Waals surface area contributed by atoms with Gasteiger partial charge in [-0.3, -0.25) is 15.0 Å². The second-order valence-corrected chi connectivity index (χ2v) is 5.45. The highest BCUT2D eigenvalue weighted by Gasteiger charge is 2.25. The van der Waals surface area contributed by atoms with Gasteiger partial charge in [0.25, 0.3) is 0 Å². The van der Waals surface area contributed by atoms with Gasteiger partial charge >= 0.3 is 6.03 Å². The lowest BCUT2D eigenvalue weighted by Gasteiger charge is -2.26. The number of nitrogens with one attached hydrogen (secondary N) is 2. The third kappa shape index (κ3) is 3.76. The van der Waals surface area contributed by atoms with Crippen LogP contribution in [0.4, 0.5) is 4.79 Å². The summed E-state index contributed by atoms with van der Waals surface area (Å²) in [5.74, 6) is 0.578. The number of nitrogens with zero attached hydrogens (tertiary/aromatic N) is 1. The normalized spacial score (nSPS) is 16.1. The monoisotopic (exact) mass is 305 g/mol. The summed E-state index contributed by atoms with van der Waals surface area (Å²) >= 11 is 0. The largest absolute Gasteiger partial charge is 0.497 e. The zero-order valence-electron chi connectivity index (χ0n) is 13.3. The first-order valence-electron chi connectivity index (χ1n) is 7.47. The molecule has 2 N–H and O–H groups in total. The Hall–Kier alpha value is -2.08. The van der Waals surface area contributed by atoms with Crippen molar-refractivity contribution in [1.82, 2.24) is 15.5 Å².